The summed E-state index contributed by atoms with van der Waals surface area (Å²) in [5.41, 5.74) is 7.32. The van der Waals surface area contributed by atoms with Gasteiger partial charge in [0.25, 0.3) is 0 Å². The molecule has 24 heavy (non-hydrogen) atoms. The first-order chi connectivity index (χ1) is 11.5. The van der Waals surface area contributed by atoms with E-state index < -0.39 is 0 Å². The lowest BCUT2D eigenvalue weighted by Crippen LogP contribution is -2.07. The molecule has 0 radical (unpaired) electrons. The first kappa shape index (κ1) is 19.2. The van der Waals surface area contributed by atoms with Gasteiger partial charge in [0.1, 0.15) is 0 Å². The summed E-state index contributed by atoms with van der Waals surface area (Å²) in [7, 11) is 0. The fourth-order valence-corrected chi connectivity index (χ4v) is 4.32. The van der Waals surface area contributed by atoms with Crippen molar-refractivity contribution in [3.8, 4) is 11.1 Å². The molecule has 0 N–H and O–H groups in total. The van der Waals surface area contributed by atoms with Crippen LogP contribution in [0.5, 0.6) is 0 Å². The van der Waals surface area contributed by atoms with E-state index in [0.29, 0.717) is 11.8 Å². The minimum absolute atomic E-state index is 0.550. The summed E-state index contributed by atoms with van der Waals surface area (Å²) in [6.45, 7) is 11.6. The average Bonchev–Trinajstić information content (AvgIpc) is 2.62. The van der Waals surface area contributed by atoms with Crippen molar-refractivity contribution < 1.29 is 0 Å². The lowest BCUT2D eigenvalue weighted by molar-refractivity contribution is 0.707. The van der Waals surface area contributed by atoms with Crippen molar-refractivity contribution in [2.75, 3.05) is 0 Å². The molecule has 2 unspecified atom stereocenters. The van der Waals surface area contributed by atoms with Crippen molar-refractivity contribution in [1.29, 1.82) is 0 Å². The van der Waals surface area contributed by atoms with Crippen molar-refractivity contribution >= 4 is 15.9 Å². The maximum atomic E-state index is 3.98. The van der Waals surface area contributed by atoms with E-state index in [0.717, 1.165) is 12.8 Å². The Labute approximate surface area is 156 Å². The molecule has 2 rings (SSSR count). The molecular formula is C23H31Br. The number of rotatable bonds is 7. The van der Waals surface area contributed by atoms with Crippen LogP contribution in [0.15, 0.2) is 40.9 Å². The van der Waals surface area contributed by atoms with E-state index in [1.807, 2.05) is 0 Å². The highest BCUT2D eigenvalue weighted by molar-refractivity contribution is 9.10. The largest absolute Gasteiger partial charge is 0.0651 e. The van der Waals surface area contributed by atoms with E-state index in [4.69, 9.17) is 0 Å². The van der Waals surface area contributed by atoms with Crippen molar-refractivity contribution in [3.05, 3.63) is 57.6 Å². The van der Waals surface area contributed by atoms with Crippen molar-refractivity contribution in [2.45, 2.75) is 72.1 Å². The third-order valence-electron chi connectivity index (χ3n) is 5.24. The number of halogens is 1. The van der Waals surface area contributed by atoms with Crippen LogP contribution < -0.4 is 0 Å². The number of aryl methyl sites for hydroxylation is 1. The van der Waals surface area contributed by atoms with E-state index in [1.54, 1.807) is 0 Å². The minimum Gasteiger partial charge on any atom is -0.0651 e. The second-order valence-corrected chi connectivity index (χ2v) is 7.76. The fourth-order valence-electron chi connectivity index (χ4n) is 3.42. The van der Waals surface area contributed by atoms with Crippen LogP contribution in [0.25, 0.3) is 11.1 Å². The van der Waals surface area contributed by atoms with Crippen molar-refractivity contribution in [3.63, 3.8) is 0 Å². The van der Waals surface area contributed by atoms with Crippen LogP contribution in [0, 0.1) is 0 Å². The first-order valence-corrected chi connectivity index (χ1v) is 10.2. The molecule has 0 fully saturated rings. The molecule has 2 aromatic rings. The molecule has 2 atom stereocenters. The van der Waals surface area contributed by atoms with Gasteiger partial charge in [-0.15, -0.1) is 0 Å². The molecule has 0 bridgehead atoms. The molecule has 0 spiro atoms. The van der Waals surface area contributed by atoms with Crippen LogP contribution in [0.2, 0.25) is 0 Å². The second kappa shape index (κ2) is 8.85. The maximum Gasteiger partial charge on any atom is 0.0248 e. The highest BCUT2D eigenvalue weighted by Gasteiger charge is 2.22. The van der Waals surface area contributed by atoms with Crippen molar-refractivity contribution in [1.82, 2.24) is 0 Å². The number of benzene rings is 2. The predicted octanol–water partition coefficient (Wildman–Crippen LogP) is 8.10. The van der Waals surface area contributed by atoms with Gasteiger partial charge in [0.2, 0.25) is 0 Å². The number of hydrogen-bond donors (Lipinski definition) is 0. The van der Waals surface area contributed by atoms with E-state index in [2.05, 4.69) is 86.9 Å². The molecule has 0 heterocycles. The van der Waals surface area contributed by atoms with Gasteiger partial charge in [-0.25, -0.2) is 0 Å². The van der Waals surface area contributed by atoms with E-state index in [-0.39, 0.29) is 0 Å². The Morgan fingerprint density at radius 3 is 2.08 bits per heavy atom. The third kappa shape index (κ3) is 3.94. The normalized spacial score (nSPS) is 13.8. The molecule has 0 aromatic heterocycles. The molecule has 0 nitrogen and oxygen atoms in total. The highest BCUT2D eigenvalue weighted by atomic mass is 79.9. The van der Waals surface area contributed by atoms with E-state index in [9.17, 15) is 0 Å². The zero-order valence-electron chi connectivity index (χ0n) is 15.8. The van der Waals surface area contributed by atoms with E-state index >= 15 is 0 Å². The Morgan fingerprint density at radius 2 is 1.54 bits per heavy atom. The zero-order chi connectivity index (χ0) is 17.7. The summed E-state index contributed by atoms with van der Waals surface area (Å²) in [6, 6.07) is 13.4. The van der Waals surface area contributed by atoms with Crippen LogP contribution in [0.1, 0.15) is 82.4 Å². The lowest BCUT2D eigenvalue weighted by atomic mass is 9.80. The van der Waals surface area contributed by atoms with Gasteiger partial charge >= 0.3 is 0 Å². The van der Waals surface area contributed by atoms with Gasteiger partial charge in [0.05, 0.1) is 0 Å². The quantitative estimate of drug-likeness (QED) is 0.450. The van der Waals surface area contributed by atoms with Crippen LogP contribution >= 0.6 is 15.9 Å². The van der Waals surface area contributed by atoms with Gasteiger partial charge in [-0.05, 0) is 58.9 Å². The Kier molecular flexibility index (Phi) is 7.10. The molecule has 0 saturated carbocycles. The molecule has 1 heteroatoms. The molecule has 0 amide bonds. The first-order valence-electron chi connectivity index (χ1n) is 9.45. The average molecular weight is 387 g/mol. The molecule has 130 valence electrons. The van der Waals surface area contributed by atoms with Crippen LogP contribution in [-0.2, 0) is 6.42 Å². The van der Waals surface area contributed by atoms with Gasteiger partial charge in [-0.1, -0.05) is 93.4 Å². The summed E-state index contributed by atoms with van der Waals surface area (Å²) < 4.78 is 1.34. The minimum atomic E-state index is 0.550. The highest BCUT2D eigenvalue weighted by Crippen LogP contribution is 2.43. The van der Waals surface area contributed by atoms with Crippen molar-refractivity contribution in [2.24, 2.45) is 0 Å². The van der Waals surface area contributed by atoms with Gasteiger partial charge < -0.3 is 0 Å². The smallest absolute Gasteiger partial charge is 0.0248 e. The summed E-state index contributed by atoms with van der Waals surface area (Å²) in [4.78, 5) is 0. The molecule has 0 aliphatic carbocycles. The Balaban J connectivity index is 2.83. The summed E-state index contributed by atoms with van der Waals surface area (Å²) >= 11 is 3.98. The maximum absolute atomic E-state index is 3.98. The SMILES string of the molecule is CCCc1cc(C(C)CC)c(-c2ccccc2)c(C(C)CC)c1Br. The standard InChI is InChI=1S/C23H31Br/c1-6-12-19-15-20(16(4)7-2)22(18-13-10-9-11-14-18)21(23(19)24)17(5)8-3/h9-11,13-17H,6-8,12H2,1-5H3. The zero-order valence-corrected chi connectivity index (χ0v) is 17.4. The predicted molar refractivity (Wildman–Crippen MR) is 111 cm³/mol. The molecular weight excluding hydrogens is 356 g/mol. The molecule has 0 aliphatic rings. The summed E-state index contributed by atoms with van der Waals surface area (Å²) in [6.07, 6.45) is 4.66. The van der Waals surface area contributed by atoms with E-state index in [1.165, 1.54) is 45.1 Å². The van der Waals surface area contributed by atoms with Gasteiger partial charge in [-0.3, -0.25) is 0 Å². The Bertz CT molecular complexity index is 657. The molecule has 2 aromatic carbocycles. The Morgan fingerprint density at radius 1 is 0.917 bits per heavy atom. The van der Waals surface area contributed by atoms with Gasteiger partial charge in [-0.2, -0.15) is 0 Å². The fraction of sp³-hybridized carbons (Fsp3) is 0.478. The van der Waals surface area contributed by atoms with Gasteiger partial charge in [0, 0.05) is 4.47 Å². The summed E-state index contributed by atoms with van der Waals surface area (Å²) in [5, 5.41) is 0. The topological polar surface area (TPSA) is 0 Å². The van der Waals surface area contributed by atoms with Crippen LogP contribution in [0.4, 0.5) is 0 Å². The summed E-state index contributed by atoms with van der Waals surface area (Å²) in [5.74, 6) is 1.13. The molecule has 0 saturated heterocycles. The Hall–Kier alpha value is -1.08. The second-order valence-electron chi connectivity index (χ2n) is 6.96. The van der Waals surface area contributed by atoms with Crippen LogP contribution in [0.3, 0.4) is 0 Å². The lowest BCUT2D eigenvalue weighted by Gasteiger charge is -2.26. The molecule has 0 aliphatic heterocycles. The monoisotopic (exact) mass is 386 g/mol. The van der Waals surface area contributed by atoms with Crippen LogP contribution in [-0.4, -0.2) is 0 Å². The number of hydrogen-bond acceptors (Lipinski definition) is 0. The third-order valence-corrected chi connectivity index (χ3v) is 6.17. The van der Waals surface area contributed by atoms with Gasteiger partial charge in [0.15, 0.2) is 0 Å².